The second-order valence-electron chi connectivity index (χ2n) is 5.65. The normalized spacial score (nSPS) is 19.8. The lowest BCUT2D eigenvalue weighted by molar-refractivity contribution is 0.0780. The Hall–Kier alpha value is -2.13. The van der Waals surface area contributed by atoms with Gasteiger partial charge < -0.3 is 5.11 Å². The van der Waals surface area contributed by atoms with E-state index in [2.05, 4.69) is 0 Å². The number of aliphatic hydroxyl groups is 1. The van der Waals surface area contributed by atoms with Gasteiger partial charge in [0.15, 0.2) is 0 Å². The van der Waals surface area contributed by atoms with Crippen LogP contribution in [0.4, 0.5) is 5.69 Å². The third kappa shape index (κ3) is 1.74. The van der Waals surface area contributed by atoms with Gasteiger partial charge in [-0.05, 0) is 23.8 Å². The molecule has 0 saturated heterocycles. The molecule has 20 heavy (non-hydrogen) atoms. The minimum absolute atomic E-state index is 0.170. The molecule has 1 aliphatic heterocycles. The molecule has 102 valence electrons. The van der Waals surface area contributed by atoms with Crippen LogP contribution in [-0.4, -0.2) is 17.2 Å². The molecule has 2 aromatic rings. The van der Waals surface area contributed by atoms with Gasteiger partial charge in [-0.3, -0.25) is 9.69 Å². The van der Waals surface area contributed by atoms with Gasteiger partial charge in [-0.1, -0.05) is 50.2 Å². The number of hydrogen-bond acceptors (Lipinski definition) is 2. The highest BCUT2D eigenvalue weighted by Gasteiger charge is 2.46. The summed E-state index contributed by atoms with van der Waals surface area (Å²) in [5.41, 5.74) is 1.90. The maximum atomic E-state index is 12.7. The number of fused-ring (bicyclic) bond motifs is 1. The van der Waals surface area contributed by atoms with E-state index in [0.717, 1.165) is 11.3 Å². The number of para-hydroxylation sites is 1. The Morgan fingerprint density at radius 2 is 1.65 bits per heavy atom. The molecule has 0 saturated carbocycles. The fourth-order valence-electron chi connectivity index (χ4n) is 2.76. The molecule has 3 rings (SSSR count). The first-order chi connectivity index (χ1) is 9.53. The molecule has 0 radical (unpaired) electrons. The van der Waals surface area contributed by atoms with Gasteiger partial charge in [0.05, 0.1) is 5.69 Å². The van der Waals surface area contributed by atoms with E-state index in [-0.39, 0.29) is 5.91 Å². The van der Waals surface area contributed by atoms with E-state index >= 15 is 0 Å². The third-order valence-corrected chi connectivity index (χ3v) is 3.99. The van der Waals surface area contributed by atoms with Crippen molar-refractivity contribution in [2.75, 3.05) is 4.90 Å². The van der Waals surface area contributed by atoms with Gasteiger partial charge in [0.1, 0.15) is 6.23 Å². The molecule has 1 N–H and O–H groups in total. The van der Waals surface area contributed by atoms with Gasteiger partial charge in [0.2, 0.25) is 0 Å². The van der Waals surface area contributed by atoms with E-state index < -0.39 is 11.6 Å². The summed E-state index contributed by atoms with van der Waals surface area (Å²) >= 11 is 0. The topological polar surface area (TPSA) is 40.5 Å². The monoisotopic (exact) mass is 267 g/mol. The second kappa shape index (κ2) is 4.46. The lowest BCUT2D eigenvalue weighted by Gasteiger charge is -2.28. The van der Waals surface area contributed by atoms with Crippen LogP contribution in [0.3, 0.4) is 0 Å². The number of carbonyl (C=O) groups is 1. The molecule has 2 aromatic carbocycles. The summed E-state index contributed by atoms with van der Waals surface area (Å²) in [4.78, 5) is 14.2. The maximum Gasteiger partial charge on any atom is 0.260 e. The van der Waals surface area contributed by atoms with Crippen molar-refractivity contribution >= 4 is 11.6 Å². The number of aliphatic hydroxyl groups excluding tert-OH is 1. The molecule has 0 bridgehead atoms. The molecule has 3 heteroatoms. The largest absolute Gasteiger partial charge is 0.372 e. The number of anilines is 1. The number of rotatable bonds is 1. The quantitative estimate of drug-likeness (QED) is 0.863. The highest BCUT2D eigenvalue weighted by molar-refractivity contribution is 6.08. The Bertz CT molecular complexity index is 649. The van der Waals surface area contributed by atoms with Crippen molar-refractivity contribution in [1.82, 2.24) is 0 Å². The summed E-state index contributed by atoms with van der Waals surface area (Å²) in [5.74, 6) is -0.170. The molecule has 0 spiro atoms. The highest BCUT2D eigenvalue weighted by atomic mass is 16.3. The number of carbonyl (C=O) groups excluding carboxylic acids is 1. The highest BCUT2D eigenvalue weighted by Crippen LogP contribution is 2.44. The van der Waals surface area contributed by atoms with Gasteiger partial charge in [0.25, 0.3) is 5.91 Å². The first-order valence-electron chi connectivity index (χ1n) is 6.69. The minimum atomic E-state index is -0.854. The first kappa shape index (κ1) is 12.9. The Morgan fingerprint density at radius 3 is 2.35 bits per heavy atom. The molecule has 1 amide bonds. The minimum Gasteiger partial charge on any atom is -0.372 e. The zero-order valence-corrected chi connectivity index (χ0v) is 11.6. The van der Waals surface area contributed by atoms with Gasteiger partial charge in [-0.15, -0.1) is 0 Å². The molecule has 1 heterocycles. The molecule has 0 aliphatic carbocycles. The predicted molar refractivity (Wildman–Crippen MR) is 78.7 cm³/mol. The van der Waals surface area contributed by atoms with Crippen LogP contribution in [0.5, 0.6) is 0 Å². The number of hydrogen-bond donors (Lipinski definition) is 1. The van der Waals surface area contributed by atoms with Crippen LogP contribution in [0, 0.1) is 0 Å². The van der Waals surface area contributed by atoms with Crippen LogP contribution in [-0.2, 0) is 5.41 Å². The van der Waals surface area contributed by atoms with E-state index in [1.54, 1.807) is 12.1 Å². The van der Waals surface area contributed by atoms with E-state index in [4.69, 9.17) is 0 Å². The van der Waals surface area contributed by atoms with Crippen molar-refractivity contribution in [3.05, 3.63) is 65.7 Å². The lowest BCUT2D eigenvalue weighted by Crippen LogP contribution is -2.44. The molecular weight excluding hydrogens is 250 g/mol. The first-order valence-corrected chi connectivity index (χ1v) is 6.69. The van der Waals surface area contributed by atoms with Gasteiger partial charge in [0, 0.05) is 11.0 Å². The van der Waals surface area contributed by atoms with Crippen molar-refractivity contribution in [1.29, 1.82) is 0 Å². The van der Waals surface area contributed by atoms with E-state index in [1.807, 2.05) is 56.3 Å². The molecule has 1 atom stereocenters. The molecular formula is C17H17NO2. The Labute approximate surface area is 118 Å². The number of benzene rings is 2. The van der Waals surface area contributed by atoms with E-state index in [9.17, 15) is 9.90 Å². The van der Waals surface area contributed by atoms with Gasteiger partial charge in [-0.2, -0.15) is 0 Å². The smallest absolute Gasteiger partial charge is 0.260 e. The summed E-state index contributed by atoms with van der Waals surface area (Å²) in [6.45, 7) is 3.91. The number of nitrogens with zero attached hydrogens (tertiary/aromatic N) is 1. The SMILES string of the molecule is CC1(C)c2ccccc2N(C(=O)c2ccccc2)[C@@H]1O. The number of amides is 1. The van der Waals surface area contributed by atoms with Crippen molar-refractivity contribution in [3.63, 3.8) is 0 Å². The average Bonchev–Trinajstić information content (AvgIpc) is 2.67. The van der Waals surface area contributed by atoms with Crippen molar-refractivity contribution in [2.24, 2.45) is 0 Å². The molecule has 0 aromatic heterocycles. The Balaban J connectivity index is 2.09. The van der Waals surface area contributed by atoms with E-state index in [0.29, 0.717) is 5.56 Å². The fraction of sp³-hybridized carbons (Fsp3) is 0.235. The van der Waals surface area contributed by atoms with Crippen LogP contribution in [0.2, 0.25) is 0 Å². The van der Waals surface area contributed by atoms with Gasteiger partial charge in [-0.25, -0.2) is 0 Å². The summed E-state index contributed by atoms with van der Waals surface area (Å²) in [5, 5.41) is 10.6. The molecule has 0 fully saturated rings. The standard InChI is InChI=1S/C17H17NO2/c1-17(2)13-10-6-7-11-14(13)18(16(17)20)15(19)12-8-4-3-5-9-12/h3-11,16,20H,1-2H3/t16-/m1/s1. The van der Waals surface area contributed by atoms with Crippen LogP contribution in [0.25, 0.3) is 0 Å². The Kier molecular flexibility index (Phi) is 2.87. The molecule has 1 aliphatic rings. The van der Waals surface area contributed by atoms with Crippen molar-refractivity contribution < 1.29 is 9.90 Å². The summed E-state index contributed by atoms with van der Waals surface area (Å²) < 4.78 is 0. The zero-order valence-electron chi connectivity index (χ0n) is 11.6. The maximum absolute atomic E-state index is 12.7. The summed E-state index contributed by atoms with van der Waals surface area (Å²) in [7, 11) is 0. The van der Waals surface area contributed by atoms with Crippen LogP contribution in [0.1, 0.15) is 29.8 Å². The zero-order chi connectivity index (χ0) is 14.3. The second-order valence-corrected chi connectivity index (χ2v) is 5.65. The van der Waals surface area contributed by atoms with Crippen LogP contribution in [0.15, 0.2) is 54.6 Å². The van der Waals surface area contributed by atoms with Crippen LogP contribution >= 0.6 is 0 Å². The summed E-state index contributed by atoms with van der Waals surface area (Å²) in [6.07, 6.45) is -0.854. The lowest BCUT2D eigenvalue weighted by atomic mass is 9.85. The third-order valence-electron chi connectivity index (χ3n) is 3.99. The average molecular weight is 267 g/mol. The van der Waals surface area contributed by atoms with Crippen molar-refractivity contribution in [2.45, 2.75) is 25.5 Å². The molecule has 0 unspecified atom stereocenters. The van der Waals surface area contributed by atoms with Gasteiger partial charge >= 0.3 is 0 Å². The summed E-state index contributed by atoms with van der Waals surface area (Å²) in [6, 6.07) is 16.7. The van der Waals surface area contributed by atoms with E-state index in [1.165, 1.54) is 4.90 Å². The fourth-order valence-corrected chi connectivity index (χ4v) is 2.76. The molecule has 3 nitrogen and oxygen atoms in total. The van der Waals surface area contributed by atoms with Crippen molar-refractivity contribution in [3.8, 4) is 0 Å². The van der Waals surface area contributed by atoms with Crippen LogP contribution < -0.4 is 4.90 Å². The Morgan fingerprint density at radius 1 is 1.05 bits per heavy atom. The predicted octanol–water partition coefficient (Wildman–Crippen LogP) is 2.94.